The van der Waals surface area contributed by atoms with Crippen LogP contribution >= 0.6 is 22.9 Å². The van der Waals surface area contributed by atoms with Crippen molar-refractivity contribution in [1.29, 1.82) is 0 Å². The summed E-state index contributed by atoms with van der Waals surface area (Å²) in [6.45, 7) is 0. The van der Waals surface area contributed by atoms with E-state index >= 15 is 0 Å². The summed E-state index contributed by atoms with van der Waals surface area (Å²) in [6, 6.07) is 18.5. The van der Waals surface area contributed by atoms with Crippen molar-refractivity contribution >= 4 is 44.7 Å². The first-order valence-electron chi connectivity index (χ1n) is 8.78. The second kappa shape index (κ2) is 8.11. The molecule has 4 rings (SSSR count). The van der Waals surface area contributed by atoms with Crippen LogP contribution in [0, 0.1) is 0 Å². The highest BCUT2D eigenvalue weighted by atomic mass is 35.5. The topological polar surface area (TPSA) is 60.5 Å². The number of carbonyl (C=O) groups excluding carboxylic acids is 1. The van der Waals surface area contributed by atoms with Crippen molar-refractivity contribution < 1.29 is 14.3 Å². The van der Waals surface area contributed by atoms with E-state index in [9.17, 15) is 4.79 Å². The summed E-state index contributed by atoms with van der Waals surface area (Å²) >= 11 is 8.08. The quantitative estimate of drug-likeness (QED) is 0.434. The van der Waals surface area contributed by atoms with Crippen LogP contribution in [-0.2, 0) is 0 Å². The van der Waals surface area contributed by atoms with Gasteiger partial charge in [0.15, 0.2) is 0 Å². The fourth-order valence-electron chi connectivity index (χ4n) is 3.02. The van der Waals surface area contributed by atoms with E-state index in [1.807, 2.05) is 30.3 Å². The number of rotatable bonds is 5. The van der Waals surface area contributed by atoms with Crippen LogP contribution in [-0.4, -0.2) is 25.1 Å². The van der Waals surface area contributed by atoms with Crippen LogP contribution < -0.4 is 14.8 Å². The monoisotopic (exact) mass is 424 g/mol. The molecule has 1 aromatic heterocycles. The standard InChI is InChI=1S/C22H17ClN2O3S/c1-27-17-7-5-8-18(28-2)20(17)21(26)24-13-10-11-14(15(23)12-13)22-25-16-6-3-4-9-19(16)29-22/h3-12H,1-2H3,(H,24,26). The Morgan fingerprint density at radius 3 is 2.38 bits per heavy atom. The second-order valence-corrected chi connectivity index (χ2v) is 7.61. The number of anilines is 1. The Balaban J connectivity index is 1.63. The highest BCUT2D eigenvalue weighted by Gasteiger charge is 2.19. The van der Waals surface area contributed by atoms with Crippen LogP contribution in [0.15, 0.2) is 60.7 Å². The summed E-state index contributed by atoms with van der Waals surface area (Å²) in [4.78, 5) is 17.5. The van der Waals surface area contributed by atoms with Gasteiger partial charge in [-0.3, -0.25) is 4.79 Å². The van der Waals surface area contributed by atoms with Gasteiger partial charge in [0.05, 0.1) is 29.5 Å². The van der Waals surface area contributed by atoms with E-state index in [2.05, 4.69) is 10.3 Å². The number of nitrogens with zero attached hydrogens (tertiary/aromatic N) is 1. The number of methoxy groups -OCH3 is 2. The molecule has 0 unspecified atom stereocenters. The number of fused-ring (bicyclic) bond motifs is 1. The van der Waals surface area contributed by atoms with E-state index in [-0.39, 0.29) is 5.91 Å². The third kappa shape index (κ3) is 3.77. The highest BCUT2D eigenvalue weighted by molar-refractivity contribution is 7.21. The molecular weight excluding hydrogens is 408 g/mol. The lowest BCUT2D eigenvalue weighted by Gasteiger charge is -2.13. The lowest BCUT2D eigenvalue weighted by molar-refractivity contribution is 0.102. The Morgan fingerprint density at radius 1 is 1.00 bits per heavy atom. The number of ether oxygens (including phenoxy) is 2. The van der Waals surface area contributed by atoms with Gasteiger partial charge in [-0.25, -0.2) is 4.98 Å². The third-order valence-electron chi connectivity index (χ3n) is 4.41. The van der Waals surface area contributed by atoms with Gasteiger partial charge in [-0.1, -0.05) is 29.8 Å². The first-order chi connectivity index (χ1) is 14.1. The van der Waals surface area contributed by atoms with Crippen LogP contribution in [0.25, 0.3) is 20.8 Å². The first-order valence-corrected chi connectivity index (χ1v) is 9.98. The normalized spacial score (nSPS) is 10.7. The molecule has 29 heavy (non-hydrogen) atoms. The van der Waals surface area contributed by atoms with E-state index in [0.29, 0.717) is 27.8 Å². The molecule has 0 fully saturated rings. The third-order valence-corrected chi connectivity index (χ3v) is 5.79. The molecule has 0 aliphatic rings. The van der Waals surface area contributed by atoms with E-state index in [4.69, 9.17) is 21.1 Å². The Labute approximate surface area is 176 Å². The summed E-state index contributed by atoms with van der Waals surface area (Å²) in [6.07, 6.45) is 0. The van der Waals surface area contributed by atoms with E-state index in [0.717, 1.165) is 20.8 Å². The maximum absolute atomic E-state index is 12.8. The zero-order valence-electron chi connectivity index (χ0n) is 15.7. The maximum atomic E-state index is 12.8. The molecule has 0 aliphatic heterocycles. The van der Waals surface area contributed by atoms with Crippen molar-refractivity contribution in [1.82, 2.24) is 4.98 Å². The fourth-order valence-corrected chi connectivity index (χ4v) is 4.35. The molecule has 1 N–H and O–H groups in total. The molecule has 0 saturated heterocycles. The summed E-state index contributed by atoms with van der Waals surface area (Å²) in [5.41, 5.74) is 2.65. The van der Waals surface area contributed by atoms with Gasteiger partial charge in [0.2, 0.25) is 0 Å². The second-order valence-electron chi connectivity index (χ2n) is 6.17. The molecule has 1 amide bonds. The minimum absolute atomic E-state index is 0.323. The van der Waals surface area contributed by atoms with Crippen molar-refractivity contribution in [2.24, 2.45) is 0 Å². The van der Waals surface area contributed by atoms with E-state index < -0.39 is 0 Å². The molecule has 4 aromatic rings. The number of para-hydroxylation sites is 1. The predicted octanol–water partition coefficient (Wildman–Crippen LogP) is 5.89. The molecule has 146 valence electrons. The van der Waals surface area contributed by atoms with Crippen LogP contribution in [0.4, 0.5) is 5.69 Å². The molecule has 1 heterocycles. The number of hydrogen-bond donors (Lipinski definition) is 1. The number of aromatic nitrogens is 1. The molecular formula is C22H17ClN2O3S. The molecule has 0 aliphatic carbocycles. The molecule has 0 saturated carbocycles. The number of amides is 1. The van der Waals surface area contributed by atoms with Crippen molar-refractivity contribution in [3.63, 3.8) is 0 Å². The van der Waals surface area contributed by atoms with Gasteiger partial charge in [-0.05, 0) is 42.5 Å². The van der Waals surface area contributed by atoms with Crippen LogP contribution in [0.3, 0.4) is 0 Å². The molecule has 0 spiro atoms. The van der Waals surface area contributed by atoms with Gasteiger partial charge < -0.3 is 14.8 Å². The zero-order valence-corrected chi connectivity index (χ0v) is 17.3. The lowest BCUT2D eigenvalue weighted by Crippen LogP contribution is -2.14. The smallest absolute Gasteiger partial charge is 0.263 e. The Kier molecular flexibility index (Phi) is 5.38. The van der Waals surface area contributed by atoms with Gasteiger partial charge in [0.25, 0.3) is 5.91 Å². The predicted molar refractivity (Wildman–Crippen MR) is 118 cm³/mol. The van der Waals surface area contributed by atoms with Crippen molar-refractivity contribution in [2.75, 3.05) is 19.5 Å². The van der Waals surface area contributed by atoms with Gasteiger partial charge in [0.1, 0.15) is 22.1 Å². The van der Waals surface area contributed by atoms with Crippen LogP contribution in [0.2, 0.25) is 5.02 Å². The summed E-state index contributed by atoms with van der Waals surface area (Å²) in [7, 11) is 3.02. The van der Waals surface area contributed by atoms with Crippen LogP contribution in [0.1, 0.15) is 10.4 Å². The number of thiazole rings is 1. The van der Waals surface area contributed by atoms with Crippen LogP contribution in [0.5, 0.6) is 11.5 Å². The summed E-state index contributed by atoms with van der Waals surface area (Å²) in [5, 5.41) is 4.20. The lowest BCUT2D eigenvalue weighted by atomic mass is 10.1. The number of carbonyl (C=O) groups is 1. The summed E-state index contributed by atoms with van der Waals surface area (Å²) < 4.78 is 11.7. The van der Waals surface area contributed by atoms with Gasteiger partial charge in [-0.15, -0.1) is 11.3 Å². The largest absolute Gasteiger partial charge is 0.496 e. The molecule has 7 heteroatoms. The molecule has 0 bridgehead atoms. The zero-order chi connectivity index (χ0) is 20.4. The maximum Gasteiger partial charge on any atom is 0.263 e. The fraction of sp³-hybridized carbons (Fsp3) is 0.0909. The summed E-state index contributed by atoms with van der Waals surface area (Å²) in [5.74, 6) is 0.515. The van der Waals surface area contributed by atoms with Gasteiger partial charge in [0, 0.05) is 11.3 Å². The van der Waals surface area contributed by atoms with Crippen molar-refractivity contribution in [3.05, 3.63) is 71.2 Å². The van der Waals surface area contributed by atoms with E-state index in [1.54, 1.807) is 41.7 Å². The minimum atomic E-state index is -0.344. The molecule has 3 aromatic carbocycles. The number of halogens is 1. The first kappa shape index (κ1) is 19.2. The highest BCUT2D eigenvalue weighted by Crippen LogP contribution is 2.36. The number of benzene rings is 3. The SMILES string of the molecule is COc1cccc(OC)c1C(=O)Nc1ccc(-c2nc3ccccc3s2)c(Cl)c1. The number of nitrogens with one attached hydrogen (secondary N) is 1. The van der Waals surface area contributed by atoms with Gasteiger partial charge in [-0.2, -0.15) is 0 Å². The minimum Gasteiger partial charge on any atom is -0.496 e. The Morgan fingerprint density at radius 2 is 1.72 bits per heavy atom. The molecule has 0 atom stereocenters. The van der Waals surface area contributed by atoms with E-state index in [1.165, 1.54) is 14.2 Å². The number of hydrogen-bond acceptors (Lipinski definition) is 5. The Hall–Kier alpha value is -3.09. The average Bonchev–Trinajstić information content (AvgIpc) is 3.16. The Bertz CT molecular complexity index is 1150. The van der Waals surface area contributed by atoms with Gasteiger partial charge >= 0.3 is 0 Å². The van der Waals surface area contributed by atoms with Crippen molar-refractivity contribution in [2.45, 2.75) is 0 Å². The van der Waals surface area contributed by atoms with Crippen molar-refractivity contribution in [3.8, 4) is 22.1 Å². The average molecular weight is 425 g/mol. The molecule has 0 radical (unpaired) electrons. The molecule has 5 nitrogen and oxygen atoms in total.